The van der Waals surface area contributed by atoms with Gasteiger partial charge in [-0.15, -0.1) is 0 Å². The van der Waals surface area contributed by atoms with Crippen LogP contribution in [0.5, 0.6) is 0 Å². The fourth-order valence-electron chi connectivity index (χ4n) is 3.83. The number of hydrogen-bond acceptors (Lipinski definition) is 5. The molecule has 0 spiro atoms. The second-order valence-electron chi connectivity index (χ2n) is 8.41. The van der Waals surface area contributed by atoms with Crippen molar-refractivity contribution in [2.45, 2.75) is 20.3 Å². The molecular weight excluding hydrogens is 404 g/mol. The maximum Gasteiger partial charge on any atom is 0.409 e. The van der Waals surface area contributed by atoms with Gasteiger partial charge in [0.15, 0.2) is 0 Å². The summed E-state index contributed by atoms with van der Waals surface area (Å²) in [5.74, 6) is 0.245. The van der Waals surface area contributed by atoms with Crippen molar-refractivity contribution in [1.82, 2.24) is 19.8 Å². The first-order valence-corrected chi connectivity index (χ1v) is 11.0. The first-order valence-electron chi connectivity index (χ1n) is 11.0. The number of ether oxygens (including phenoxy) is 1. The SMILES string of the molecule is CC(C)COC(=O)N1CCCN(C(=O)c2cc(-c3ccncc3)nc3ccccc23)CC1. The van der Waals surface area contributed by atoms with Crippen molar-refractivity contribution in [2.24, 2.45) is 5.92 Å². The lowest BCUT2D eigenvalue weighted by Crippen LogP contribution is -2.38. The van der Waals surface area contributed by atoms with E-state index in [0.717, 1.165) is 22.2 Å². The maximum absolute atomic E-state index is 13.6. The fraction of sp³-hybridized carbons (Fsp3) is 0.360. The Labute approximate surface area is 188 Å². The highest BCUT2D eigenvalue weighted by Gasteiger charge is 2.25. The van der Waals surface area contributed by atoms with Crippen molar-refractivity contribution in [2.75, 3.05) is 32.8 Å². The highest BCUT2D eigenvalue weighted by molar-refractivity contribution is 6.07. The van der Waals surface area contributed by atoms with E-state index >= 15 is 0 Å². The van der Waals surface area contributed by atoms with E-state index in [1.807, 2.05) is 61.2 Å². The summed E-state index contributed by atoms with van der Waals surface area (Å²) in [7, 11) is 0. The van der Waals surface area contributed by atoms with E-state index < -0.39 is 0 Å². The standard InChI is InChI=1S/C25H28N4O3/c1-18(2)17-32-25(31)29-13-5-12-28(14-15-29)24(30)21-16-23(19-8-10-26-11-9-19)27-22-7-4-3-6-20(21)22/h3-4,6-11,16,18H,5,12-15,17H2,1-2H3. The van der Waals surface area contributed by atoms with Gasteiger partial charge in [-0.05, 0) is 36.6 Å². The van der Waals surface area contributed by atoms with Gasteiger partial charge in [0.05, 0.1) is 23.4 Å². The third-order valence-corrected chi connectivity index (χ3v) is 5.50. The van der Waals surface area contributed by atoms with Crippen LogP contribution >= 0.6 is 0 Å². The average molecular weight is 433 g/mol. The largest absolute Gasteiger partial charge is 0.449 e. The summed E-state index contributed by atoms with van der Waals surface area (Å²) < 4.78 is 5.37. The molecule has 4 rings (SSSR count). The molecule has 7 heteroatoms. The summed E-state index contributed by atoms with van der Waals surface area (Å²) in [6, 6.07) is 13.3. The number of carbonyl (C=O) groups excluding carboxylic acids is 2. The predicted molar refractivity (Wildman–Crippen MR) is 123 cm³/mol. The predicted octanol–water partition coefficient (Wildman–Crippen LogP) is 4.24. The minimum atomic E-state index is -0.303. The summed E-state index contributed by atoms with van der Waals surface area (Å²) in [6.07, 6.45) is 3.84. The van der Waals surface area contributed by atoms with Gasteiger partial charge in [0, 0.05) is 49.5 Å². The number of fused-ring (bicyclic) bond motifs is 1. The van der Waals surface area contributed by atoms with Crippen molar-refractivity contribution in [3.8, 4) is 11.3 Å². The Balaban J connectivity index is 1.58. The Morgan fingerprint density at radius 3 is 2.50 bits per heavy atom. The zero-order chi connectivity index (χ0) is 22.5. The molecule has 1 saturated heterocycles. The lowest BCUT2D eigenvalue weighted by molar-refractivity contribution is 0.0748. The Hall–Kier alpha value is -3.48. The number of nitrogens with zero attached hydrogens (tertiary/aromatic N) is 4. The van der Waals surface area contributed by atoms with Crippen LogP contribution in [0.2, 0.25) is 0 Å². The molecule has 1 fully saturated rings. The molecule has 0 N–H and O–H groups in total. The molecule has 0 radical (unpaired) electrons. The van der Waals surface area contributed by atoms with Gasteiger partial charge in [-0.3, -0.25) is 9.78 Å². The molecule has 2 aromatic heterocycles. The molecule has 1 aromatic carbocycles. The Bertz CT molecular complexity index is 1100. The molecule has 0 saturated carbocycles. The molecule has 0 bridgehead atoms. The zero-order valence-corrected chi connectivity index (χ0v) is 18.5. The third kappa shape index (κ3) is 4.88. The molecule has 1 aliphatic heterocycles. The van der Waals surface area contributed by atoms with Gasteiger partial charge in [0.1, 0.15) is 0 Å². The van der Waals surface area contributed by atoms with Crippen LogP contribution in [0, 0.1) is 5.92 Å². The molecule has 32 heavy (non-hydrogen) atoms. The third-order valence-electron chi connectivity index (χ3n) is 5.50. The van der Waals surface area contributed by atoms with Crippen LogP contribution < -0.4 is 0 Å². The van der Waals surface area contributed by atoms with Crippen LogP contribution in [0.15, 0.2) is 54.9 Å². The zero-order valence-electron chi connectivity index (χ0n) is 18.5. The van der Waals surface area contributed by atoms with Crippen LogP contribution in [-0.2, 0) is 4.74 Å². The van der Waals surface area contributed by atoms with Gasteiger partial charge < -0.3 is 14.5 Å². The van der Waals surface area contributed by atoms with Crippen LogP contribution in [-0.4, -0.2) is 64.6 Å². The Kier molecular flexibility index (Phi) is 6.63. The molecule has 3 heterocycles. The lowest BCUT2D eigenvalue weighted by atomic mass is 10.0. The average Bonchev–Trinajstić information content (AvgIpc) is 3.08. The highest BCUT2D eigenvalue weighted by atomic mass is 16.6. The quantitative estimate of drug-likeness (QED) is 0.616. The summed E-state index contributed by atoms with van der Waals surface area (Å²) >= 11 is 0. The van der Waals surface area contributed by atoms with Gasteiger partial charge in [-0.2, -0.15) is 0 Å². The molecule has 1 aliphatic rings. The van der Waals surface area contributed by atoms with Crippen molar-refractivity contribution < 1.29 is 14.3 Å². The van der Waals surface area contributed by atoms with Gasteiger partial charge >= 0.3 is 6.09 Å². The van der Waals surface area contributed by atoms with Crippen molar-refractivity contribution in [3.63, 3.8) is 0 Å². The monoisotopic (exact) mass is 432 g/mol. The molecule has 0 atom stereocenters. The van der Waals surface area contributed by atoms with E-state index in [0.29, 0.717) is 50.7 Å². The fourth-order valence-corrected chi connectivity index (χ4v) is 3.83. The van der Waals surface area contributed by atoms with E-state index in [1.54, 1.807) is 17.3 Å². The van der Waals surface area contributed by atoms with Crippen molar-refractivity contribution in [1.29, 1.82) is 0 Å². The second-order valence-corrected chi connectivity index (χ2v) is 8.41. The van der Waals surface area contributed by atoms with Crippen LogP contribution in [0.4, 0.5) is 4.79 Å². The van der Waals surface area contributed by atoms with Gasteiger partial charge in [0.2, 0.25) is 0 Å². The number of carbonyl (C=O) groups is 2. The van der Waals surface area contributed by atoms with E-state index in [2.05, 4.69) is 4.98 Å². The highest BCUT2D eigenvalue weighted by Crippen LogP contribution is 2.26. The summed E-state index contributed by atoms with van der Waals surface area (Å²) in [5.41, 5.74) is 3.05. The molecule has 2 amide bonds. The number of hydrogen-bond donors (Lipinski definition) is 0. The molecule has 0 unspecified atom stereocenters. The number of pyridine rings is 2. The van der Waals surface area contributed by atoms with Gasteiger partial charge in [-0.1, -0.05) is 32.0 Å². The Morgan fingerprint density at radius 2 is 1.72 bits per heavy atom. The van der Waals surface area contributed by atoms with E-state index in [4.69, 9.17) is 9.72 Å². The van der Waals surface area contributed by atoms with Crippen LogP contribution in [0.1, 0.15) is 30.6 Å². The second kappa shape index (κ2) is 9.77. The van der Waals surface area contributed by atoms with Crippen LogP contribution in [0.25, 0.3) is 22.2 Å². The lowest BCUT2D eigenvalue weighted by Gasteiger charge is -2.23. The molecular formula is C25H28N4O3. The van der Waals surface area contributed by atoms with Gasteiger partial charge in [0.25, 0.3) is 5.91 Å². The van der Waals surface area contributed by atoms with Crippen molar-refractivity contribution in [3.05, 3.63) is 60.4 Å². The molecule has 0 aliphatic carbocycles. The number of amides is 2. The maximum atomic E-state index is 13.6. The summed E-state index contributed by atoms with van der Waals surface area (Å²) in [5, 5.41) is 0.827. The first-order chi connectivity index (χ1) is 15.5. The molecule has 166 valence electrons. The van der Waals surface area contributed by atoms with E-state index in [1.165, 1.54) is 0 Å². The number of rotatable bonds is 4. The smallest absolute Gasteiger partial charge is 0.409 e. The minimum absolute atomic E-state index is 0.0451. The van der Waals surface area contributed by atoms with E-state index in [-0.39, 0.29) is 12.0 Å². The first kappa shape index (κ1) is 21.7. The number of aromatic nitrogens is 2. The summed E-state index contributed by atoms with van der Waals surface area (Å²) in [4.78, 5) is 38.3. The molecule has 3 aromatic rings. The normalized spacial score (nSPS) is 14.5. The summed E-state index contributed by atoms with van der Waals surface area (Å²) in [6.45, 7) is 6.53. The number of benzene rings is 1. The van der Waals surface area contributed by atoms with E-state index in [9.17, 15) is 9.59 Å². The van der Waals surface area contributed by atoms with Gasteiger partial charge in [-0.25, -0.2) is 9.78 Å². The topological polar surface area (TPSA) is 75.6 Å². The Morgan fingerprint density at radius 1 is 1.00 bits per heavy atom. The van der Waals surface area contributed by atoms with Crippen molar-refractivity contribution >= 4 is 22.9 Å². The molecule has 7 nitrogen and oxygen atoms in total. The number of para-hydroxylation sites is 1. The minimum Gasteiger partial charge on any atom is -0.449 e. The van der Waals surface area contributed by atoms with Crippen LogP contribution in [0.3, 0.4) is 0 Å².